The summed E-state index contributed by atoms with van der Waals surface area (Å²) in [5.41, 5.74) is 0.205. The molecular formula is C20H23F3N4O3. The summed E-state index contributed by atoms with van der Waals surface area (Å²) in [4.78, 5) is 18.8. The number of carbonyl (C=O) groups is 1. The molecule has 1 spiro atoms. The van der Waals surface area contributed by atoms with Crippen LogP contribution in [0.25, 0.3) is 5.82 Å². The van der Waals surface area contributed by atoms with Crippen LogP contribution in [0.2, 0.25) is 0 Å². The van der Waals surface area contributed by atoms with Gasteiger partial charge in [0.2, 0.25) is 0 Å². The zero-order valence-corrected chi connectivity index (χ0v) is 16.8. The maximum atomic E-state index is 13.2. The maximum absolute atomic E-state index is 13.2. The van der Waals surface area contributed by atoms with Gasteiger partial charge in [-0.25, -0.2) is 9.67 Å². The highest BCUT2D eigenvalue weighted by Gasteiger charge is 2.41. The smallest absolute Gasteiger partial charge is 0.347 e. The molecule has 0 radical (unpaired) electrons. The van der Waals surface area contributed by atoms with Gasteiger partial charge in [0, 0.05) is 32.1 Å². The number of rotatable bonds is 3. The number of hydrogen-bond acceptors (Lipinski definition) is 5. The van der Waals surface area contributed by atoms with Gasteiger partial charge in [0.05, 0.1) is 36.2 Å². The lowest BCUT2D eigenvalue weighted by Gasteiger charge is -2.37. The minimum absolute atomic E-state index is 0.0897. The van der Waals surface area contributed by atoms with Gasteiger partial charge in [-0.15, -0.1) is 0 Å². The molecule has 2 aliphatic heterocycles. The number of amides is 1. The molecule has 162 valence electrons. The van der Waals surface area contributed by atoms with E-state index in [2.05, 4.69) is 10.1 Å². The Morgan fingerprint density at radius 1 is 1.13 bits per heavy atom. The first-order chi connectivity index (χ1) is 14.2. The first kappa shape index (κ1) is 20.8. The van der Waals surface area contributed by atoms with Crippen molar-refractivity contribution in [1.29, 1.82) is 0 Å². The summed E-state index contributed by atoms with van der Waals surface area (Å²) in [5.74, 6) is -0.597. The first-order valence-electron chi connectivity index (χ1n) is 9.89. The number of likely N-dealkylation sites (tertiary alicyclic amines) is 1. The second-order valence-electron chi connectivity index (χ2n) is 7.81. The number of halogens is 3. The van der Waals surface area contributed by atoms with Crippen LogP contribution in [0.5, 0.6) is 0 Å². The average molecular weight is 424 g/mol. The van der Waals surface area contributed by atoms with Gasteiger partial charge in [0.15, 0.2) is 11.6 Å². The second kappa shape index (κ2) is 7.66. The molecule has 2 fully saturated rings. The zero-order chi connectivity index (χ0) is 21.5. The van der Waals surface area contributed by atoms with Crippen LogP contribution in [-0.4, -0.2) is 57.7 Å². The molecule has 1 amide bonds. The molecule has 2 aromatic rings. The summed E-state index contributed by atoms with van der Waals surface area (Å²) in [6.07, 6.45) is -1.02. The van der Waals surface area contributed by atoms with E-state index in [0.717, 1.165) is 12.3 Å². The third-order valence-corrected chi connectivity index (χ3v) is 5.50. The molecule has 4 rings (SSSR count). The van der Waals surface area contributed by atoms with Gasteiger partial charge in [-0.1, -0.05) is 13.8 Å². The minimum atomic E-state index is -4.46. The number of carbonyl (C=O) groups excluding carboxylic acids is 1. The number of hydrogen-bond donors (Lipinski definition) is 0. The van der Waals surface area contributed by atoms with Gasteiger partial charge in [-0.05, 0) is 18.1 Å². The molecule has 0 unspecified atom stereocenters. The lowest BCUT2D eigenvalue weighted by Crippen LogP contribution is -2.47. The van der Waals surface area contributed by atoms with E-state index in [0.29, 0.717) is 50.4 Å². The standard InChI is InChI=1S/C20H23F3N4O3/c1-13(2)17-15(18(28)26-7-5-19(6-8-26)29-9-10-30-19)12-25-27(17)16-4-3-14(11-24-16)20(21,22)23/h3-4,11-13H,5-10H2,1-2H3. The van der Waals surface area contributed by atoms with E-state index >= 15 is 0 Å². The molecular weight excluding hydrogens is 401 g/mol. The molecule has 2 aliphatic rings. The number of ether oxygens (including phenoxy) is 2. The lowest BCUT2D eigenvalue weighted by molar-refractivity contribution is -0.181. The second-order valence-corrected chi connectivity index (χ2v) is 7.81. The van der Waals surface area contributed by atoms with Gasteiger partial charge in [0.25, 0.3) is 5.91 Å². The Morgan fingerprint density at radius 3 is 2.33 bits per heavy atom. The van der Waals surface area contributed by atoms with Crippen molar-refractivity contribution in [3.63, 3.8) is 0 Å². The molecule has 10 heteroatoms. The van der Waals surface area contributed by atoms with E-state index in [1.807, 2.05) is 13.8 Å². The highest BCUT2D eigenvalue weighted by molar-refractivity contribution is 5.95. The molecule has 2 saturated heterocycles. The number of pyridine rings is 1. The molecule has 0 bridgehead atoms. The fourth-order valence-electron chi connectivity index (χ4n) is 3.95. The predicted octanol–water partition coefficient (Wildman–Crippen LogP) is 3.39. The van der Waals surface area contributed by atoms with Gasteiger partial charge >= 0.3 is 6.18 Å². The summed E-state index contributed by atoms with van der Waals surface area (Å²) < 4.78 is 51.3. The highest BCUT2D eigenvalue weighted by atomic mass is 19.4. The van der Waals surface area contributed by atoms with Crippen molar-refractivity contribution in [2.75, 3.05) is 26.3 Å². The molecule has 2 aromatic heterocycles. The monoisotopic (exact) mass is 424 g/mol. The largest absolute Gasteiger partial charge is 0.417 e. The third kappa shape index (κ3) is 3.81. The average Bonchev–Trinajstić information content (AvgIpc) is 3.35. The van der Waals surface area contributed by atoms with Crippen LogP contribution < -0.4 is 0 Å². The van der Waals surface area contributed by atoms with E-state index < -0.39 is 17.5 Å². The van der Waals surface area contributed by atoms with E-state index in [1.165, 1.54) is 16.9 Å². The van der Waals surface area contributed by atoms with Crippen molar-refractivity contribution in [1.82, 2.24) is 19.7 Å². The Labute approximate surface area is 171 Å². The topological polar surface area (TPSA) is 69.5 Å². The Bertz CT molecular complexity index is 908. The lowest BCUT2D eigenvalue weighted by atomic mass is 10.0. The number of piperidine rings is 1. The molecule has 0 aromatic carbocycles. The fraction of sp³-hybridized carbons (Fsp3) is 0.550. The van der Waals surface area contributed by atoms with Gasteiger partial charge < -0.3 is 14.4 Å². The highest BCUT2D eigenvalue weighted by Crippen LogP contribution is 2.33. The van der Waals surface area contributed by atoms with E-state index in [-0.39, 0.29) is 17.6 Å². The van der Waals surface area contributed by atoms with Crippen molar-refractivity contribution in [3.05, 3.63) is 41.3 Å². The third-order valence-electron chi connectivity index (χ3n) is 5.50. The molecule has 0 atom stereocenters. The zero-order valence-electron chi connectivity index (χ0n) is 16.8. The summed E-state index contributed by atoms with van der Waals surface area (Å²) in [6, 6.07) is 2.22. The van der Waals surface area contributed by atoms with Crippen LogP contribution in [0.1, 0.15) is 54.2 Å². The number of alkyl halides is 3. The predicted molar refractivity (Wildman–Crippen MR) is 100 cm³/mol. The van der Waals surface area contributed by atoms with Crippen LogP contribution in [0, 0.1) is 0 Å². The van der Waals surface area contributed by atoms with Crippen LogP contribution in [0.4, 0.5) is 13.2 Å². The van der Waals surface area contributed by atoms with Crippen molar-refractivity contribution < 1.29 is 27.4 Å². The van der Waals surface area contributed by atoms with Crippen LogP contribution in [0.3, 0.4) is 0 Å². The Balaban J connectivity index is 1.58. The molecule has 0 saturated carbocycles. The van der Waals surface area contributed by atoms with Gasteiger partial charge in [0.1, 0.15) is 0 Å². The molecule has 0 N–H and O–H groups in total. The molecule has 7 nitrogen and oxygen atoms in total. The Hall–Kier alpha value is -2.46. The normalized spacial score (nSPS) is 19.1. The first-order valence-corrected chi connectivity index (χ1v) is 9.89. The number of nitrogens with zero attached hydrogens (tertiary/aromatic N) is 4. The van der Waals surface area contributed by atoms with Gasteiger partial charge in [-0.2, -0.15) is 18.3 Å². The molecule has 4 heterocycles. The SMILES string of the molecule is CC(C)c1c(C(=O)N2CCC3(CC2)OCCO3)cnn1-c1ccc(C(F)(F)F)cn1. The van der Waals surface area contributed by atoms with Crippen molar-refractivity contribution >= 4 is 5.91 Å². The minimum Gasteiger partial charge on any atom is -0.347 e. The van der Waals surface area contributed by atoms with E-state index in [9.17, 15) is 18.0 Å². The maximum Gasteiger partial charge on any atom is 0.417 e. The Kier molecular flexibility index (Phi) is 5.31. The van der Waals surface area contributed by atoms with Crippen molar-refractivity contribution in [3.8, 4) is 5.82 Å². The van der Waals surface area contributed by atoms with E-state index in [4.69, 9.17) is 9.47 Å². The van der Waals surface area contributed by atoms with E-state index in [1.54, 1.807) is 4.90 Å². The van der Waals surface area contributed by atoms with Crippen LogP contribution in [0.15, 0.2) is 24.5 Å². The van der Waals surface area contributed by atoms with Crippen molar-refractivity contribution in [2.45, 2.75) is 44.6 Å². The fourth-order valence-corrected chi connectivity index (χ4v) is 3.95. The summed E-state index contributed by atoms with van der Waals surface area (Å²) in [5, 5.41) is 4.26. The molecule has 0 aliphatic carbocycles. The summed E-state index contributed by atoms with van der Waals surface area (Å²) in [7, 11) is 0. The summed E-state index contributed by atoms with van der Waals surface area (Å²) in [6.45, 7) is 5.94. The number of aromatic nitrogens is 3. The van der Waals surface area contributed by atoms with Crippen molar-refractivity contribution in [2.24, 2.45) is 0 Å². The molecule has 30 heavy (non-hydrogen) atoms. The van der Waals surface area contributed by atoms with Crippen LogP contribution >= 0.6 is 0 Å². The van der Waals surface area contributed by atoms with Gasteiger partial charge in [-0.3, -0.25) is 4.79 Å². The Morgan fingerprint density at radius 2 is 1.80 bits per heavy atom. The quantitative estimate of drug-likeness (QED) is 0.756. The van der Waals surface area contributed by atoms with Crippen LogP contribution in [-0.2, 0) is 15.7 Å². The summed E-state index contributed by atoms with van der Waals surface area (Å²) >= 11 is 0.